The van der Waals surface area contributed by atoms with Crippen molar-refractivity contribution >= 4 is 21.9 Å². The third-order valence-corrected chi connectivity index (χ3v) is 6.13. The van der Waals surface area contributed by atoms with Crippen molar-refractivity contribution in [3.63, 3.8) is 0 Å². The van der Waals surface area contributed by atoms with Crippen LogP contribution in [-0.2, 0) is 10.0 Å². The van der Waals surface area contributed by atoms with E-state index in [2.05, 4.69) is 15.1 Å². The smallest absolute Gasteiger partial charge is 0.278 e. The summed E-state index contributed by atoms with van der Waals surface area (Å²) < 4.78 is 28.2. The maximum atomic E-state index is 12.7. The molecule has 0 radical (unpaired) electrons. The average Bonchev–Trinajstić information content (AvgIpc) is 3.20. The minimum atomic E-state index is -3.88. The van der Waals surface area contributed by atoms with E-state index in [1.165, 1.54) is 31.5 Å². The Bertz CT molecular complexity index is 1390. The standard InChI is InChI=1S/C21H16N6O2S/c1-26(30(28,29)20-6-2-4-16(10-20)11-22)25-14-19-13-24-21-8-7-18(15-27(19)21)17-5-3-9-23-12-17/h2-10,12-15H,1H3/b25-14+. The molecule has 1 aromatic carbocycles. The van der Waals surface area contributed by atoms with E-state index >= 15 is 0 Å². The molecule has 4 aromatic rings. The molecule has 0 fully saturated rings. The minimum Gasteiger partial charge on any atom is -0.298 e. The molecule has 0 saturated heterocycles. The Morgan fingerprint density at radius 2 is 2.00 bits per heavy atom. The molecule has 0 amide bonds. The van der Waals surface area contributed by atoms with Gasteiger partial charge in [-0.15, -0.1) is 0 Å². The minimum absolute atomic E-state index is 0.00166. The number of nitriles is 1. The molecule has 8 nitrogen and oxygen atoms in total. The first-order valence-corrected chi connectivity index (χ1v) is 10.3. The summed E-state index contributed by atoms with van der Waals surface area (Å²) in [5.74, 6) is 0. The van der Waals surface area contributed by atoms with Crippen molar-refractivity contribution in [2.45, 2.75) is 4.90 Å². The number of fused-ring (bicyclic) bond motifs is 1. The molecule has 0 aliphatic carbocycles. The number of rotatable bonds is 5. The molecule has 9 heteroatoms. The van der Waals surface area contributed by atoms with Crippen molar-refractivity contribution < 1.29 is 8.42 Å². The van der Waals surface area contributed by atoms with Crippen LogP contribution in [-0.4, -0.2) is 40.5 Å². The van der Waals surface area contributed by atoms with Gasteiger partial charge < -0.3 is 0 Å². The maximum absolute atomic E-state index is 12.7. The second-order valence-electron chi connectivity index (χ2n) is 6.39. The Labute approximate surface area is 173 Å². The highest BCUT2D eigenvalue weighted by molar-refractivity contribution is 7.89. The maximum Gasteiger partial charge on any atom is 0.278 e. The van der Waals surface area contributed by atoms with Gasteiger partial charge in [-0.2, -0.15) is 23.2 Å². The molecule has 3 heterocycles. The van der Waals surface area contributed by atoms with E-state index in [1.807, 2.05) is 40.9 Å². The van der Waals surface area contributed by atoms with Gasteiger partial charge in [-0.05, 0) is 36.4 Å². The highest BCUT2D eigenvalue weighted by Gasteiger charge is 2.19. The van der Waals surface area contributed by atoms with E-state index in [9.17, 15) is 8.42 Å². The summed E-state index contributed by atoms with van der Waals surface area (Å²) in [7, 11) is -2.54. The van der Waals surface area contributed by atoms with E-state index in [4.69, 9.17) is 5.26 Å². The molecule has 0 unspecified atom stereocenters. The van der Waals surface area contributed by atoms with Gasteiger partial charge in [0.2, 0.25) is 0 Å². The third-order valence-electron chi connectivity index (χ3n) is 4.49. The predicted molar refractivity (Wildman–Crippen MR) is 112 cm³/mol. The Hall–Kier alpha value is -4.03. The van der Waals surface area contributed by atoms with Crippen LogP contribution in [0.5, 0.6) is 0 Å². The van der Waals surface area contributed by atoms with E-state index in [0.717, 1.165) is 15.5 Å². The zero-order chi connectivity index (χ0) is 21.1. The van der Waals surface area contributed by atoms with Crippen LogP contribution in [0.15, 0.2) is 83.3 Å². The van der Waals surface area contributed by atoms with Crippen molar-refractivity contribution in [1.82, 2.24) is 18.8 Å². The fourth-order valence-electron chi connectivity index (χ4n) is 2.88. The van der Waals surface area contributed by atoms with E-state index in [0.29, 0.717) is 11.3 Å². The number of aromatic nitrogens is 3. The Morgan fingerprint density at radius 3 is 2.77 bits per heavy atom. The SMILES string of the molecule is CN(/N=C/c1cnc2ccc(-c3cccnc3)cn12)S(=O)(=O)c1cccc(C#N)c1. The summed E-state index contributed by atoms with van der Waals surface area (Å²) >= 11 is 0. The summed E-state index contributed by atoms with van der Waals surface area (Å²) in [5, 5.41) is 13.1. The first kappa shape index (κ1) is 19.3. The lowest BCUT2D eigenvalue weighted by Gasteiger charge is -2.13. The summed E-state index contributed by atoms with van der Waals surface area (Å²) in [5.41, 5.74) is 3.48. The second-order valence-corrected chi connectivity index (χ2v) is 8.34. The Morgan fingerprint density at radius 1 is 1.13 bits per heavy atom. The van der Waals surface area contributed by atoms with Crippen molar-refractivity contribution in [2.75, 3.05) is 7.05 Å². The van der Waals surface area contributed by atoms with Gasteiger partial charge in [-0.1, -0.05) is 12.1 Å². The number of hydrogen-bond donors (Lipinski definition) is 0. The number of imidazole rings is 1. The molecule has 3 aromatic heterocycles. The van der Waals surface area contributed by atoms with Crippen LogP contribution < -0.4 is 0 Å². The zero-order valence-electron chi connectivity index (χ0n) is 15.9. The van der Waals surface area contributed by atoms with Crippen LogP contribution in [0.4, 0.5) is 0 Å². The Balaban J connectivity index is 1.65. The first-order chi connectivity index (χ1) is 14.5. The molecule has 0 spiro atoms. The third kappa shape index (κ3) is 3.64. The van der Waals surface area contributed by atoms with Crippen LogP contribution in [0, 0.1) is 11.3 Å². The molecule has 0 aliphatic rings. The van der Waals surface area contributed by atoms with Crippen LogP contribution in [0.25, 0.3) is 16.8 Å². The van der Waals surface area contributed by atoms with Gasteiger partial charge in [-0.25, -0.2) is 4.98 Å². The molecule has 0 N–H and O–H groups in total. The molecule has 0 aliphatic heterocycles. The lowest BCUT2D eigenvalue weighted by atomic mass is 10.1. The Kier molecular flexibility index (Phi) is 5.00. The fraction of sp³-hybridized carbons (Fsp3) is 0.0476. The molecule has 30 heavy (non-hydrogen) atoms. The van der Waals surface area contributed by atoms with Gasteiger partial charge in [0.15, 0.2) is 0 Å². The van der Waals surface area contributed by atoms with Gasteiger partial charge in [0, 0.05) is 36.8 Å². The van der Waals surface area contributed by atoms with Crippen LogP contribution >= 0.6 is 0 Å². The van der Waals surface area contributed by atoms with Crippen LogP contribution in [0.2, 0.25) is 0 Å². The predicted octanol–water partition coefficient (Wildman–Crippen LogP) is 2.92. The first-order valence-electron chi connectivity index (χ1n) is 8.89. The lowest BCUT2D eigenvalue weighted by Crippen LogP contribution is -2.22. The fourth-order valence-corrected chi connectivity index (χ4v) is 3.88. The summed E-state index contributed by atoms with van der Waals surface area (Å²) in [6.45, 7) is 0. The number of pyridine rings is 2. The molecule has 0 atom stereocenters. The largest absolute Gasteiger partial charge is 0.298 e. The topological polar surface area (TPSA) is 104 Å². The van der Waals surface area contributed by atoms with Crippen molar-refractivity contribution in [2.24, 2.45) is 5.10 Å². The molecule has 0 bridgehead atoms. The summed E-state index contributed by atoms with van der Waals surface area (Å²) in [6.07, 6.45) is 8.41. The molecular formula is C21H16N6O2S. The summed E-state index contributed by atoms with van der Waals surface area (Å²) in [6, 6.07) is 15.4. The quantitative estimate of drug-likeness (QED) is 0.368. The number of hydrazone groups is 1. The van der Waals surface area contributed by atoms with Gasteiger partial charge in [0.25, 0.3) is 10.0 Å². The monoisotopic (exact) mass is 416 g/mol. The van der Waals surface area contributed by atoms with E-state index in [-0.39, 0.29) is 10.5 Å². The normalized spacial score (nSPS) is 11.6. The number of sulfonamides is 1. The van der Waals surface area contributed by atoms with Gasteiger partial charge >= 0.3 is 0 Å². The van der Waals surface area contributed by atoms with Crippen LogP contribution in [0.1, 0.15) is 11.3 Å². The molecule has 148 valence electrons. The van der Waals surface area contributed by atoms with Crippen molar-refractivity contribution in [3.05, 3.63) is 84.6 Å². The lowest BCUT2D eigenvalue weighted by molar-refractivity contribution is 0.491. The molecular weight excluding hydrogens is 400 g/mol. The number of nitrogens with zero attached hydrogens (tertiary/aromatic N) is 6. The molecule has 4 rings (SSSR count). The number of benzene rings is 1. The van der Waals surface area contributed by atoms with Crippen LogP contribution in [0.3, 0.4) is 0 Å². The average molecular weight is 416 g/mol. The highest BCUT2D eigenvalue weighted by Crippen LogP contribution is 2.20. The highest BCUT2D eigenvalue weighted by atomic mass is 32.2. The van der Waals surface area contributed by atoms with Gasteiger partial charge in [0.05, 0.1) is 34.6 Å². The summed E-state index contributed by atoms with van der Waals surface area (Å²) in [4.78, 5) is 8.46. The molecule has 0 saturated carbocycles. The van der Waals surface area contributed by atoms with Gasteiger partial charge in [0.1, 0.15) is 5.65 Å². The van der Waals surface area contributed by atoms with E-state index in [1.54, 1.807) is 24.7 Å². The van der Waals surface area contributed by atoms with Gasteiger partial charge in [-0.3, -0.25) is 9.38 Å². The second kappa shape index (κ2) is 7.77. The van der Waals surface area contributed by atoms with E-state index < -0.39 is 10.0 Å². The van der Waals surface area contributed by atoms with Crippen molar-refractivity contribution in [1.29, 1.82) is 5.26 Å². The zero-order valence-corrected chi connectivity index (χ0v) is 16.7. The van der Waals surface area contributed by atoms with Crippen molar-refractivity contribution in [3.8, 4) is 17.2 Å². The number of hydrogen-bond acceptors (Lipinski definition) is 6.